The Morgan fingerprint density at radius 1 is 1.50 bits per heavy atom. The van der Waals surface area contributed by atoms with Crippen LogP contribution in [-0.4, -0.2) is 20.9 Å². The van der Waals surface area contributed by atoms with E-state index in [4.69, 9.17) is 5.11 Å². The lowest BCUT2D eigenvalue weighted by Gasteiger charge is -2.29. The van der Waals surface area contributed by atoms with E-state index in [1.165, 1.54) is 0 Å². The van der Waals surface area contributed by atoms with Gasteiger partial charge in [0.05, 0.1) is 17.7 Å². The topological polar surface area (TPSA) is 55.1 Å². The molecule has 4 heteroatoms. The van der Waals surface area contributed by atoms with Crippen molar-refractivity contribution in [2.24, 2.45) is 0 Å². The van der Waals surface area contributed by atoms with Gasteiger partial charge in [0.15, 0.2) is 0 Å². The van der Waals surface area contributed by atoms with E-state index in [0.29, 0.717) is 0 Å². The second-order valence-corrected chi connectivity index (χ2v) is 4.84. The molecule has 0 bridgehead atoms. The molecule has 1 N–H and O–H groups in total. The van der Waals surface area contributed by atoms with Gasteiger partial charge >= 0.3 is 5.97 Å². The molecule has 1 aliphatic rings. The van der Waals surface area contributed by atoms with Gasteiger partial charge in [0.25, 0.3) is 0 Å². The highest BCUT2D eigenvalue weighted by molar-refractivity contribution is 5.68. The molecule has 1 aliphatic carbocycles. The average molecular weight is 222 g/mol. The van der Waals surface area contributed by atoms with Gasteiger partial charge in [-0.15, -0.1) is 0 Å². The van der Waals surface area contributed by atoms with Crippen LogP contribution < -0.4 is 0 Å². The van der Waals surface area contributed by atoms with Crippen LogP contribution in [0.4, 0.5) is 0 Å². The number of rotatable bonds is 3. The summed E-state index contributed by atoms with van der Waals surface area (Å²) in [7, 11) is 0. The monoisotopic (exact) mass is 222 g/mol. The first-order valence-electron chi connectivity index (χ1n) is 5.79. The van der Waals surface area contributed by atoms with Crippen LogP contribution in [0.15, 0.2) is 6.07 Å². The molecule has 0 radical (unpaired) electrons. The summed E-state index contributed by atoms with van der Waals surface area (Å²) in [6.45, 7) is 3.95. The number of carboxylic acids is 1. The zero-order valence-corrected chi connectivity index (χ0v) is 9.86. The van der Waals surface area contributed by atoms with Crippen LogP contribution in [0.1, 0.15) is 43.5 Å². The Morgan fingerprint density at radius 3 is 2.56 bits per heavy atom. The Balaban J connectivity index is 2.39. The normalized spacial score (nSPS) is 18.9. The van der Waals surface area contributed by atoms with E-state index in [0.717, 1.165) is 37.1 Å². The molecule has 0 spiro atoms. The minimum absolute atomic E-state index is 0.189. The van der Waals surface area contributed by atoms with E-state index < -0.39 is 5.97 Å². The largest absolute Gasteiger partial charge is 0.481 e. The Morgan fingerprint density at radius 2 is 2.12 bits per heavy atom. The Kier molecular flexibility index (Phi) is 2.74. The standard InChI is InChI=1S/C12H18N2O2/c1-9-7-10(2)14(13-9)12(8-11(15)16)5-3-4-6-12/h7H,3-6,8H2,1-2H3,(H,15,16). The SMILES string of the molecule is Cc1cc(C)n(C2(CC(=O)O)CCCC2)n1. The van der Waals surface area contributed by atoms with Crippen LogP contribution in [0.3, 0.4) is 0 Å². The predicted octanol–water partition coefficient (Wildman–Crippen LogP) is 2.24. The summed E-state index contributed by atoms with van der Waals surface area (Å²) >= 11 is 0. The van der Waals surface area contributed by atoms with Gasteiger partial charge in [-0.2, -0.15) is 5.10 Å². The molecule has 1 heterocycles. The van der Waals surface area contributed by atoms with E-state index in [1.54, 1.807) is 0 Å². The molecule has 1 fully saturated rings. The van der Waals surface area contributed by atoms with Crippen molar-refractivity contribution in [1.29, 1.82) is 0 Å². The van der Waals surface area contributed by atoms with Crippen LogP contribution in [-0.2, 0) is 10.3 Å². The van der Waals surface area contributed by atoms with Crippen LogP contribution in [0.25, 0.3) is 0 Å². The quantitative estimate of drug-likeness (QED) is 0.853. The van der Waals surface area contributed by atoms with Crippen molar-refractivity contribution in [3.8, 4) is 0 Å². The number of hydrogen-bond donors (Lipinski definition) is 1. The van der Waals surface area contributed by atoms with Crippen LogP contribution in [0, 0.1) is 13.8 Å². The molecular formula is C12H18N2O2. The highest BCUT2D eigenvalue weighted by atomic mass is 16.4. The molecule has 0 aliphatic heterocycles. The molecule has 0 aromatic carbocycles. The highest BCUT2D eigenvalue weighted by Gasteiger charge is 2.39. The lowest BCUT2D eigenvalue weighted by molar-refractivity contribution is -0.139. The third kappa shape index (κ3) is 1.84. The maximum Gasteiger partial charge on any atom is 0.305 e. The van der Waals surface area contributed by atoms with Crippen LogP contribution >= 0.6 is 0 Å². The van der Waals surface area contributed by atoms with Gasteiger partial charge in [-0.05, 0) is 32.8 Å². The van der Waals surface area contributed by atoms with Crippen LogP contribution in [0.2, 0.25) is 0 Å². The number of nitrogens with zero attached hydrogens (tertiary/aromatic N) is 2. The van der Waals surface area contributed by atoms with Gasteiger partial charge in [-0.25, -0.2) is 0 Å². The summed E-state index contributed by atoms with van der Waals surface area (Å²) in [5, 5.41) is 13.5. The average Bonchev–Trinajstić information content (AvgIpc) is 2.73. The molecule has 4 nitrogen and oxygen atoms in total. The van der Waals surface area contributed by atoms with Crippen molar-refractivity contribution in [3.63, 3.8) is 0 Å². The molecule has 1 aromatic heterocycles. The van der Waals surface area contributed by atoms with Gasteiger partial charge in [-0.1, -0.05) is 12.8 Å². The molecule has 2 rings (SSSR count). The summed E-state index contributed by atoms with van der Waals surface area (Å²) < 4.78 is 1.95. The number of aromatic nitrogens is 2. The molecule has 0 saturated heterocycles. The first kappa shape index (κ1) is 11.2. The summed E-state index contributed by atoms with van der Waals surface area (Å²) in [6.07, 6.45) is 4.26. The summed E-state index contributed by atoms with van der Waals surface area (Å²) in [5.74, 6) is -0.727. The second-order valence-electron chi connectivity index (χ2n) is 4.84. The molecule has 16 heavy (non-hydrogen) atoms. The molecule has 88 valence electrons. The minimum Gasteiger partial charge on any atom is -0.481 e. The van der Waals surface area contributed by atoms with E-state index in [9.17, 15) is 4.79 Å². The van der Waals surface area contributed by atoms with Crippen molar-refractivity contribution < 1.29 is 9.90 Å². The fourth-order valence-corrected chi connectivity index (χ4v) is 2.89. The summed E-state index contributed by atoms with van der Waals surface area (Å²) in [5.41, 5.74) is 1.76. The van der Waals surface area contributed by atoms with Crippen molar-refractivity contribution in [2.75, 3.05) is 0 Å². The zero-order valence-electron chi connectivity index (χ0n) is 9.86. The van der Waals surface area contributed by atoms with Crippen molar-refractivity contribution in [1.82, 2.24) is 9.78 Å². The summed E-state index contributed by atoms with van der Waals surface area (Å²) in [6, 6.07) is 2.02. The molecule has 0 unspecified atom stereocenters. The van der Waals surface area contributed by atoms with Gasteiger partial charge in [-0.3, -0.25) is 9.48 Å². The number of carbonyl (C=O) groups is 1. The Bertz CT molecular complexity index is 403. The maximum atomic E-state index is 11.0. The Hall–Kier alpha value is -1.32. The Labute approximate surface area is 95.3 Å². The fourth-order valence-electron chi connectivity index (χ4n) is 2.89. The molecule has 1 saturated carbocycles. The zero-order chi connectivity index (χ0) is 11.8. The van der Waals surface area contributed by atoms with E-state index >= 15 is 0 Å². The lowest BCUT2D eigenvalue weighted by Crippen LogP contribution is -2.35. The number of hydrogen-bond acceptors (Lipinski definition) is 2. The van der Waals surface area contributed by atoms with Gasteiger partial charge < -0.3 is 5.11 Å². The molecule has 0 atom stereocenters. The second kappa shape index (κ2) is 3.92. The van der Waals surface area contributed by atoms with Gasteiger partial charge in [0.2, 0.25) is 0 Å². The van der Waals surface area contributed by atoms with E-state index in [-0.39, 0.29) is 12.0 Å². The van der Waals surface area contributed by atoms with Gasteiger partial charge in [0.1, 0.15) is 0 Å². The smallest absolute Gasteiger partial charge is 0.305 e. The van der Waals surface area contributed by atoms with Crippen LogP contribution in [0.5, 0.6) is 0 Å². The van der Waals surface area contributed by atoms with Gasteiger partial charge in [0, 0.05) is 5.69 Å². The number of aryl methyl sites for hydroxylation is 2. The van der Waals surface area contributed by atoms with E-state index in [2.05, 4.69) is 5.10 Å². The molecule has 0 amide bonds. The highest BCUT2D eigenvalue weighted by Crippen LogP contribution is 2.40. The van der Waals surface area contributed by atoms with Crippen molar-refractivity contribution in [2.45, 2.75) is 51.5 Å². The fraction of sp³-hybridized carbons (Fsp3) is 0.667. The summed E-state index contributed by atoms with van der Waals surface area (Å²) in [4.78, 5) is 11.0. The first-order chi connectivity index (χ1) is 7.53. The number of carboxylic acid groups (broad SMARTS) is 1. The third-order valence-electron chi connectivity index (χ3n) is 3.47. The van der Waals surface area contributed by atoms with Crippen molar-refractivity contribution in [3.05, 3.63) is 17.5 Å². The molecule has 1 aromatic rings. The van der Waals surface area contributed by atoms with E-state index in [1.807, 2.05) is 24.6 Å². The molecular weight excluding hydrogens is 204 g/mol. The van der Waals surface area contributed by atoms with Crippen molar-refractivity contribution >= 4 is 5.97 Å². The number of aliphatic carboxylic acids is 1. The predicted molar refractivity (Wildman–Crippen MR) is 60.4 cm³/mol. The minimum atomic E-state index is -0.727. The first-order valence-corrected chi connectivity index (χ1v) is 5.79. The third-order valence-corrected chi connectivity index (χ3v) is 3.47. The maximum absolute atomic E-state index is 11.0. The lowest BCUT2D eigenvalue weighted by atomic mass is 9.93.